The monoisotopic (exact) mass is 505 g/mol. The second-order valence-electron chi connectivity index (χ2n) is 8.06. The van der Waals surface area contributed by atoms with E-state index in [1.165, 1.54) is 47.2 Å². The van der Waals surface area contributed by atoms with Gasteiger partial charge in [0.15, 0.2) is 5.82 Å². The molecule has 0 radical (unpaired) electrons. The summed E-state index contributed by atoms with van der Waals surface area (Å²) in [6.07, 6.45) is 6.37. The summed E-state index contributed by atoms with van der Waals surface area (Å²) in [4.78, 5) is 54.0. The zero-order chi connectivity index (χ0) is 25.2. The van der Waals surface area contributed by atoms with E-state index >= 15 is 0 Å². The number of piperazine rings is 1. The maximum absolute atomic E-state index is 13.3. The molecular formula is C24H23N7O4S. The van der Waals surface area contributed by atoms with E-state index in [4.69, 9.17) is 4.74 Å². The third-order valence-corrected chi connectivity index (χ3v) is 6.61. The second-order valence-corrected chi connectivity index (χ2v) is 8.83. The average molecular weight is 506 g/mol. The average Bonchev–Trinajstić information content (AvgIpc) is 3.60. The van der Waals surface area contributed by atoms with Gasteiger partial charge < -0.3 is 19.5 Å². The van der Waals surface area contributed by atoms with Crippen LogP contribution in [0.1, 0.15) is 20.7 Å². The third-order valence-electron chi connectivity index (χ3n) is 6.06. The summed E-state index contributed by atoms with van der Waals surface area (Å²) in [6.45, 7) is 1.24. The Morgan fingerprint density at radius 1 is 1.03 bits per heavy atom. The van der Waals surface area contributed by atoms with Crippen LogP contribution >= 0.6 is 11.8 Å². The quantitative estimate of drug-likeness (QED) is 0.240. The summed E-state index contributed by atoms with van der Waals surface area (Å²) in [7, 11) is 1.48. The van der Waals surface area contributed by atoms with Crippen molar-refractivity contribution in [2.45, 2.75) is 5.16 Å². The van der Waals surface area contributed by atoms with Crippen molar-refractivity contribution in [3.63, 3.8) is 0 Å². The molecule has 5 rings (SSSR count). The lowest BCUT2D eigenvalue weighted by molar-refractivity contribution is -0.127. The fourth-order valence-corrected chi connectivity index (χ4v) is 4.51. The minimum absolute atomic E-state index is 0.0897. The molecule has 1 aromatic carbocycles. The van der Waals surface area contributed by atoms with Crippen LogP contribution in [0.4, 0.5) is 0 Å². The van der Waals surface area contributed by atoms with Gasteiger partial charge in [0.1, 0.15) is 12.1 Å². The Morgan fingerprint density at radius 2 is 1.75 bits per heavy atom. The Hall–Kier alpha value is -4.19. The lowest BCUT2D eigenvalue weighted by Gasteiger charge is -2.34. The zero-order valence-electron chi connectivity index (χ0n) is 19.7. The summed E-state index contributed by atoms with van der Waals surface area (Å²) in [5.74, 6) is -0.600. The van der Waals surface area contributed by atoms with Crippen LogP contribution in [0, 0.1) is 0 Å². The second kappa shape index (κ2) is 9.82. The Labute approximate surface area is 210 Å². The molecule has 1 N–H and O–H groups in total. The molecule has 0 atom stereocenters. The van der Waals surface area contributed by atoms with Gasteiger partial charge in [-0.05, 0) is 18.4 Å². The number of aromatic amines is 1. The summed E-state index contributed by atoms with van der Waals surface area (Å²) in [5.41, 5.74) is 1.28. The molecule has 0 bridgehead atoms. The van der Waals surface area contributed by atoms with Crippen molar-refractivity contribution >= 4 is 40.3 Å². The SMILES string of the molecule is COc1cnc(-n2cnc(SC)n2)c2[nH]cc(C(=O)C(=O)N3CCN(C(=O)c4ccccc4)CC3)c12. The molecule has 1 aliphatic rings. The normalized spacial score (nSPS) is 13.7. The molecule has 0 saturated carbocycles. The van der Waals surface area contributed by atoms with E-state index in [0.29, 0.717) is 46.3 Å². The van der Waals surface area contributed by atoms with Crippen molar-refractivity contribution in [1.82, 2.24) is 34.5 Å². The van der Waals surface area contributed by atoms with E-state index in [-0.39, 0.29) is 24.6 Å². The standard InChI is InChI=1S/C24H23N7O4S/c1-35-17-13-26-21(31-14-27-24(28-31)36-2)19-18(17)16(12-25-19)20(32)23(34)30-10-8-29(9-11-30)22(33)15-6-4-3-5-7-15/h3-7,12-14,25H,8-11H2,1-2H3. The first-order valence-electron chi connectivity index (χ1n) is 11.2. The topological polar surface area (TPSA) is 126 Å². The molecule has 4 aromatic rings. The summed E-state index contributed by atoms with van der Waals surface area (Å²) < 4.78 is 6.95. The van der Waals surface area contributed by atoms with Crippen molar-refractivity contribution in [2.75, 3.05) is 39.5 Å². The number of aromatic nitrogens is 5. The number of amides is 2. The molecule has 4 heterocycles. The van der Waals surface area contributed by atoms with Crippen LogP contribution in [0.5, 0.6) is 5.75 Å². The van der Waals surface area contributed by atoms with Crippen LogP contribution in [0.25, 0.3) is 16.7 Å². The fraction of sp³-hybridized carbons (Fsp3) is 0.250. The highest BCUT2D eigenvalue weighted by Crippen LogP contribution is 2.32. The molecule has 0 spiro atoms. The molecule has 1 aliphatic heterocycles. The van der Waals surface area contributed by atoms with Gasteiger partial charge in [0, 0.05) is 37.9 Å². The van der Waals surface area contributed by atoms with Crippen LogP contribution in [0.15, 0.2) is 54.2 Å². The minimum Gasteiger partial charge on any atom is -0.494 e. The van der Waals surface area contributed by atoms with Crippen LogP contribution in [-0.2, 0) is 4.79 Å². The number of pyridine rings is 1. The number of hydrogen-bond acceptors (Lipinski definition) is 8. The number of nitrogens with one attached hydrogen (secondary N) is 1. The van der Waals surface area contributed by atoms with Crippen molar-refractivity contribution in [1.29, 1.82) is 0 Å². The molecule has 184 valence electrons. The van der Waals surface area contributed by atoms with E-state index < -0.39 is 11.7 Å². The molecule has 36 heavy (non-hydrogen) atoms. The Morgan fingerprint density at radius 3 is 2.42 bits per heavy atom. The first-order valence-corrected chi connectivity index (χ1v) is 12.4. The number of hydrogen-bond donors (Lipinski definition) is 1. The Kier molecular flexibility index (Phi) is 6.42. The fourth-order valence-electron chi connectivity index (χ4n) is 4.19. The number of nitrogens with zero attached hydrogens (tertiary/aromatic N) is 6. The zero-order valence-corrected chi connectivity index (χ0v) is 20.5. The Bertz CT molecular complexity index is 1440. The van der Waals surface area contributed by atoms with Gasteiger partial charge in [-0.15, -0.1) is 5.10 Å². The van der Waals surface area contributed by atoms with E-state index in [9.17, 15) is 14.4 Å². The van der Waals surface area contributed by atoms with Gasteiger partial charge >= 0.3 is 0 Å². The predicted molar refractivity (Wildman–Crippen MR) is 133 cm³/mol. The third kappa shape index (κ3) is 4.19. The van der Waals surface area contributed by atoms with E-state index in [1.807, 2.05) is 24.5 Å². The number of carbonyl (C=O) groups excluding carboxylic acids is 3. The molecule has 2 amide bonds. The number of methoxy groups -OCH3 is 1. The molecule has 1 fully saturated rings. The van der Waals surface area contributed by atoms with Gasteiger partial charge in [-0.3, -0.25) is 14.4 Å². The summed E-state index contributed by atoms with van der Waals surface area (Å²) in [5, 5.41) is 5.38. The highest BCUT2D eigenvalue weighted by Gasteiger charge is 2.31. The number of ether oxygens (including phenoxy) is 1. The molecule has 0 unspecified atom stereocenters. The van der Waals surface area contributed by atoms with Crippen LogP contribution in [0.3, 0.4) is 0 Å². The minimum atomic E-state index is -0.664. The van der Waals surface area contributed by atoms with Gasteiger partial charge in [0.05, 0.1) is 29.8 Å². The number of ketones is 1. The molecular weight excluding hydrogens is 482 g/mol. The first-order chi connectivity index (χ1) is 17.5. The van der Waals surface area contributed by atoms with Gasteiger partial charge in [-0.1, -0.05) is 30.0 Å². The van der Waals surface area contributed by atoms with E-state index in [0.717, 1.165) is 0 Å². The highest BCUT2D eigenvalue weighted by molar-refractivity contribution is 7.98. The molecule has 0 aliphatic carbocycles. The van der Waals surface area contributed by atoms with Gasteiger partial charge in [0.25, 0.3) is 17.6 Å². The number of thioether (sulfide) groups is 1. The smallest absolute Gasteiger partial charge is 0.295 e. The van der Waals surface area contributed by atoms with E-state index in [2.05, 4.69) is 20.1 Å². The van der Waals surface area contributed by atoms with Crippen LogP contribution < -0.4 is 4.74 Å². The van der Waals surface area contributed by atoms with E-state index in [1.54, 1.807) is 17.0 Å². The van der Waals surface area contributed by atoms with Crippen molar-refractivity contribution < 1.29 is 19.1 Å². The highest BCUT2D eigenvalue weighted by atomic mass is 32.2. The molecule has 12 heteroatoms. The maximum Gasteiger partial charge on any atom is 0.295 e. The van der Waals surface area contributed by atoms with Gasteiger partial charge in [-0.25, -0.2) is 9.97 Å². The van der Waals surface area contributed by atoms with Gasteiger partial charge in [0.2, 0.25) is 5.16 Å². The number of carbonyl (C=O) groups is 3. The molecule has 3 aromatic heterocycles. The maximum atomic E-state index is 13.3. The predicted octanol–water partition coefficient (Wildman–Crippen LogP) is 2.04. The van der Waals surface area contributed by atoms with Crippen LogP contribution in [-0.4, -0.2) is 91.7 Å². The number of rotatable bonds is 6. The Balaban J connectivity index is 1.37. The molecule has 11 nitrogen and oxygen atoms in total. The number of fused-ring (bicyclic) bond motifs is 1. The van der Waals surface area contributed by atoms with Crippen molar-refractivity contribution in [2.24, 2.45) is 0 Å². The largest absolute Gasteiger partial charge is 0.494 e. The van der Waals surface area contributed by atoms with Crippen molar-refractivity contribution in [3.05, 3.63) is 60.2 Å². The first kappa shape index (κ1) is 23.5. The lowest BCUT2D eigenvalue weighted by Crippen LogP contribution is -2.52. The van der Waals surface area contributed by atoms with Crippen molar-refractivity contribution in [3.8, 4) is 11.6 Å². The number of benzene rings is 1. The summed E-state index contributed by atoms with van der Waals surface area (Å²) >= 11 is 1.39. The van der Waals surface area contributed by atoms with Gasteiger partial charge in [-0.2, -0.15) is 4.68 Å². The summed E-state index contributed by atoms with van der Waals surface area (Å²) in [6, 6.07) is 9.00. The number of H-pyrrole nitrogens is 1. The van der Waals surface area contributed by atoms with Crippen LogP contribution in [0.2, 0.25) is 0 Å². The number of Topliss-reactive ketones (excluding diaryl/α,β-unsaturated/α-hetero) is 1. The lowest BCUT2D eigenvalue weighted by atomic mass is 10.1. The molecule has 1 saturated heterocycles.